The first-order valence-corrected chi connectivity index (χ1v) is 10.5. The van der Waals surface area contributed by atoms with Gasteiger partial charge in [0, 0.05) is 11.6 Å². The fraction of sp³-hybridized carbons (Fsp3) is 0.278. The van der Waals surface area contributed by atoms with Crippen molar-refractivity contribution in [3.05, 3.63) is 52.5 Å². The molecule has 0 aromatic heterocycles. The van der Waals surface area contributed by atoms with E-state index in [4.69, 9.17) is 27.9 Å². The molecule has 0 atom stereocenters. The van der Waals surface area contributed by atoms with Crippen molar-refractivity contribution < 1.29 is 17.9 Å². The number of carbonyl (C=O) groups is 1. The zero-order chi connectivity index (χ0) is 20.0. The number of benzene rings is 2. The van der Waals surface area contributed by atoms with Gasteiger partial charge in [0.05, 0.1) is 28.8 Å². The molecule has 0 saturated heterocycles. The summed E-state index contributed by atoms with van der Waals surface area (Å²) in [6.45, 7) is 3.78. The predicted octanol–water partition coefficient (Wildman–Crippen LogP) is 4.04. The molecule has 2 aromatic rings. The van der Waals surface area contributed by atoms with Crippen LogP contribution in [0.15, 0.2) is 47.4 Å². The minimum atomic E-state index is -3.82. The maximum absolute atomic E-state index is 12.8. The molecule has 0 radical (unpaired) electrons. The Labute approximate surface area is 169 Å². The summed E-state index contributed by atoms with van der Waals surface area (Å²) in [5, 5.41) is 3.30. The first kappa shape index (κ1) is 21.5. The molecule has 146 valence electrons. The molecule has 0 aliphatic carbocycles. The van der Waals surface area contributed by atoms with Crippen molar-refractivity contribution in [1.82, 2.24) is 4.31 Å². The molecule has 9 heteroatoms. The molecule has 6 nitrogen and oxygen atoms in total. The molecule has 2 rings (SSSR count). The van der Waals surface area contributed by atoms with Gasteiger partial charge in [-0.3, -0.25) is 4.79 Å². The predicted molar refractivity (Wildman–Crippen MR) is 107 cm³/mol. The van der Waals surface area contributed by atoms with Crippen LogP contribution in [0.1, 0.15) is 13.8 Å². The van der Waals surface area contributed by atoms with Crippen LogP contribution in [-0.4, -0.2) is 38.3 Å². The second-order valence-corrected chi connectivity index (χ2v) is 8.29. The number of halogens is 2. The highest BCUT2D eigenvalue weighted by atomic mass is 35.5. The lowest BCUT2D eigenvalue weighted by Gasteiger charge is -2.20. The van der Waals surface area contributed by atoms with Crippen LogP contribution in [0.3, 0.4) is 0 Å². The molecule has 0 spiro atoms. The molecule has 1 amide bonds. The average Bonchev–Trinajstić information content (AvgIpc) is 2.62. The summed E-state index contributed by atoms with van der Waals surface area (Å²) >= 11 is 11.9. The fourth-order valence-corrected chi connectivity index (χ4v) is 4.19. The Morgan fingerprint density at radius 2 is 1.78 bits per heavy atom. The number of ether oxygens (including phenoxy) is 1. The Morgan fingerprint density at radius 3 is 2.33 bits per heavy atom. The Bertz CT molecular complexity index is 902. The Hall–Kier alpha value is -1.80. The smallest absolute Gasteiger partial charge is 0.243 e. The summed E-state index contributed by atoms with van der Waals surface area (Å²) in [6, 6.07) is 10.7. The van der Waals surface area contributed by atoms with Gasteiger partial charge in [0.1, 0.15) is 5.75 Å². The number of hydrogen-bond acceptors (Lipinski definition) is 4. The van der Waals surface area contributed by atoms with Crippen molar-refractivity contribution in [2.45, 2.75) is 18.7 Å². The van der Waals surface area contributed by atoms with Crippen molar-refractivity contribution in [2.24, 2.45) is 0 Å². The van der Waals surface area contributed by atoms with Gasteiger partial charge in [-0.2, -0.15) is 4.31 Å². The third kappa shape index (κ3) is 5.59. The van der Waals surface area contributed by atoms with Crippen LogP contribution in [0, 0.1) is 0 Å². The number of amides is 1. The maximum atomic E-state index is 12.8. The molecule has 0 aliphatic heterocycles. The third-order valence-corrected chi connectivity index (χ3v) is 6.13. The molecular formula is C18H20Cl2N2O4S. The van der Waals surface area contributed by atoms with E-state index in [1.165, 1.54) is 18.2 Å². The molecular weight excluding hydrogens is 411 g/mol. The molecule has 0 heterocycles. The summed E-state index contributed by atoms with van der Waals surface area (Å²) in [7, 11) is -3.82. The summed E-state index contributed by atoms with van der Waals surface area (Å²) in [6.07, 6.45) is 0. The highest BCUT2D eigenvalue weighted by Gasteiger charge is 2.25. The minimum Gasteiger partial charge on any atom is -0.494 e. The summed E-state index contributed by atoms with van der Waals surface area (Å²) in [5.74, 6) is 0.0743. The SMILES string of the molecule is CCOc1ccc(S(=O)(=O)N(CC)CC(=O)Nc2ccc(Cl)cc2Cl)cc1. The van der Waals surface area contributed by atoms with E-state index >= 15 is 0 Å². The minimum absolute atomic E-state index is 0.0881. The zero-order valence-corrected chi connectivity index (χ0v) is 17.2. The largest absolute Gasteiger partial charge is 0.494 e. The average molecular weight is 431 g/mol. The van der Waals surface area contributed by atoms with E-state index in [1.54, 1.807) is 31.2 Å². The normalized spacial score (nSPS) is 11.4. The van der Waals surface area contributed by atoms with E-state index in [0.29, 0.717) is 23.1 Å². The summed E-state index contributed by atoms with van der Waals surface area (Å²) < 4.78 is 32.0. The van der Waals surface area contributed by atoms with Gasteiger partial charge in [-0.1, -0.05) is 30.1 Å². The Morgan fingerprint density at radius 1 is 1.11 bits per heavy atom. The number of hydrogen-bond donors (Lipinski definition) is 1. The van der Waals surface area contributed by atoms with Gasteiger partial charge in [-0.25, -0.2) is 8.42 Å². The zero-order valence-electron chi connectivity index (χ0n) is 14.9. The van der Waals surface area contributed by atoms with E-state index in [0.717, 1.165) is 4.31 Å². The highest BCUT2D eigenvalue weighted by molar-refractivity contribution is 7.89. The molecule has 2 aromatic carbocycles. The van der Waals surface area contributed by atoms with Crippen LogP contribution in [0.5, 0.6) is 5.75 Å². The summed E-state index contributed by atoms with van der Waals surface area (Å²) in [5.41, 5.74) is 0.362. The summed E-state index contributed by atoms with van der Waals surface area (Å²) in [4.78, 5) is 12.4. The number of carbonyl (C=O) groups excluding carboxylic acids is 1. The number of nitrogens with zero attached hydrogens (tertiary/aromatic N) is 1. The second kappa shape index (κ2) is 9.41. The monoisotopic (exact) mass is 430 g/mol. The lowest BCUT2D eigenvalue weighted by atomic mass is 10.3. The highest BCUT2D eigenvalue weighted by Crippen LogP contribution is 2.25. The van der Waals surface area contributed by atoms with Gasteiger partial charge in [-0.15, -0.1) is 0 Å². The number of sulfonamides is 1. The first-order chi connectivity index (χ1) is 12.8. The van der Waals surface area contributed by atoms with Gasteiger partial charge >= 0.3 is 0 Å². The van der Waals surface area contributed by atoms with Crippen molar-refractivity contribution in [1.29, 1.82) is 0 Å². The number of nitrogens with one attached hydrogen (secondary N) is 1. The third-order valence-electron chi connectivity index (χ3n) is 3.65. The number of likely N-dealkylation sites (N-methyl/N-ethyl adjacent to an activating group) is 1. The first-order valence-electron chi connectivity index (χ1n) is 8.25. The number of rotatable bonds is 8. The molecule has 0 fully saturated rings. The lowest BCUT2D eigenvalue weighted by Crippen LogP contribution is -2.37. The van der Waals surface area contributed by atoms with Crippen LogP contribution < -0.4 is 10.1 Å². The van der Waals surface area contributed by atoms with Gasteiger partial charge in [0.25, 0.3) is 0 Å². The molecule has 0 saturated carbocycles. The van der Waals surface area contributed by atoms with E-state index in [9.17, 15) is 13.2 Å². The standard InChI is InChI=1S/C18H20Cl2N2O4S/c1-3-22(12-18(23)21-17-10-5-13(19)11-16(17)20)27(24,25)15-8-6-14(7-9-15)26-4-2/h5-11H,3-4,12H2,1-2H3,(H,21,23). The van der Waals surface area contributed by atoms with Crippen molar-refractivity contribution in [2.75, 3.05) is 25.0 Å². The van der Waals surface area contributed by atoms with Crippen molar-refractivity contribution in [3.8, 4) is 5.75 Å². The van der Waals surface area contributed by atoms with Crippen molar-refractivity contribution in [3.63, 3.8) is 0 Å². The molecule has 0 bridgehead atoms. The van der Waals surface area contributed by atoms with E-state index in [-0.39, 0.29) is 23.0 Å². The lowest BCUT2D eigenvalue weighted by molar-refractivity contribution is -0.116. The molecule has 27 heavy (non-hydrogen) atoms. The van der Waals surface area contributed by atoms with Gasteiger partial charge in [0.15, 0.2) is 0 Å². The van der Waals surface area contributed by atoms with E-state index in [2.05, 4.69) is 5.32 Å². The van der Waals surface area contributed by atoms with Crippen LogP contribution in [-0.2, 0) is 14.8 Å². The topological polar surface area (TPSA) is 75.7 Å². The van der Waals surface area contributed by atoms with Crippen LogP contribution in [0.4, 0.5) is 5.69 Å². The molecule has 1 N–H and O–H groups in total. The van der Waals surface area contributed by atoms with Crippen LogP contribution in [0.2, 0.25) is 10.0 Å². The molecule has 0 aliphatic rings. The second-order valence-electron chi connectivity index (χ2n) is 5.51. The number of anilines is 1. The Balaban J connectivity index is 2.13. The van der Waals surface area contributed by atoms with Gasteiger partial charge in [-0.05, 0) is 49.4 Å². The van der Waals surface area contributed by atoms with E-state index < -0.39 is 15.9 Å². The van der Waals surface area contributed by atoms with Gasteiger partial charge < -0.3 is 10.1 Å². The van der Waals surface area contributed by atoms with E-state index in [1.807, 2.05) is 6.92 Å². The quantitative estimate of drug-likeness (QED) is 0.685. The molecule has 0 unspecified atom stereocenters. The Kier molecular flexibility index (Phi) is 7.49. The fourth-order valence-electron chi connectivity index (χ4n) is 2.33. The van der Waals surface area contributed by atoms with Crippen LogP contribution >= 0.6 is 23.2 Å². The van der Waals surface area contributed by atoms with Crippen molar-refractivity contribution >= 4 is 44.8 Å². The maximum Gasteiger partial charge on any atom is 0.243 e. The van der Waals surface area contributed by atoms with Crippen LogP contribution in [0.25, 0.3) is 0 Å². The van der Waals surface area contributed by atoms with Gasteiger partial charge in [0.2, 0.25) is 15.9 Å².